The highest BCUT2D eigenvalue weighted by atomic mass is 19.1. The number of nitrogens with one attached hydrogen (secondary N) is 1. The molecule has 2 aliphatic rings. The summed E-state index contributed by atoms with van der Waals surface area (Å²) < 4.78 is 18.6. The van der Waals surface area contributed by atoms with Gasteiger partial charge < -0.3 is 14.6 Å². The number of alkyl halides is 1. The predicted molar refractivity (Wildman–Crippen MR) is 132 cm³/mol. The van der Waals surface area contributed by atoms with Crippen molar-refractivity contribution in [2.24, 2.45) is 5.92 Å². The molecule has 1 saturated heterocycles. The summed E-state index contributed by atoms with van der Waals surface area (Å²) >= 11 is 0. The monoisotopic (exact) mass is 447 g/mol. The fraction of sp³-hybridized carbons (Fsp3) is 0.429. The van der Waals surface area contributed by atoms with E-state index in [2.05, 4.69) is 83.7 Å². The summed E-state index contributed by atoms with van der Waals surface area (Å²) in [5, 5.41) is 1.33. The third-order valence-corrected chi connectivity index (χ3v) is 7.27. The van der Waals surface area contributed by atoms with Gasteiger partial charge in [-0.3, -0.25) is 9.29 Å². The van der Waals surface area contributed by atoms with E-state index in [1.165, 1.54) is 33.4 Å². The molecule has 3 heterocycles. The minimum absolute atomic E-state index is 0.108. The lowest BCUT2D eigenvalue weighted by molar-refractivity contribution is 0.0668. The van der Waals surface area contributed by atoms with Crippen molar-refractivity contribution >= 4 is 10.9 Å². The number of para-hydroxylation sites is 1. The maximum Gasteiger partial charge on any atom is 0.119 e. The fourth-order valence-electron chi connectivity index (χ4n) is 5.46. The van der Waals surface area contributed by atoms with Crippen molar-refractivity contribution in [1.29, 1.82) is 0 Å². The van der Waals surface area contributed by atoms with Crippen LogP contribution in [-0.2, 0) is 6.42 Å². The smallest absolute Gasteiger partial charge is 0.119 e. The van der Waals surface area contributed by atoms with Gasteiger partial charge in [-0.05, 0) is 49.1 Å². The van der Waals surface area contributed by atoms with Gasteiger partial charge in [-0.1, -0.05) is 43.8 Å². The number of hydrogen-bond donors (Lipinski definition) is 1. The number of nitrogens with zero attached hydrogens (tertiary/aromatic N) is 2. The van der Waals surface area contributed by atoms with Gasteiger partial charge in [-0.2, -0.15) is 0 Å². The molecule has 5 heteroatoms. The second kappa shape index (κ2) is 9.22. The maximum absolute atomic E-state index is 12.6. The van der Waals surface area contributed by atoms with Crippen LogP contribution in [-0.4, -0.2) is 53.7 Å². The van der Waals surface area contributed by atoms with Crippen molar-refractivity contribution in [3.63, 3.8) is 0 Å². The molecule has 0 bridgehead atoms. The summed E-state index contributed by atoms with van der Waals surface area (Å²) in [6, 6.07) is 17.6. The number of rotatable bonds is 8. The van der Waals surface area contributed by atoms with Crippen molar-refractivity contribution in [2.75, 3.05) is 32.9 Å². The number of aromatic amines is 1. The highest BCUT2D eigenvalue weighted by Crippen LogP contribution is 2.43. The third kappa shape index (κ3) is 4.15. The number of benzene rings is 2. The van der Waals surface area contributed by atoms with Crippen LogP contribution in [0.5, 0.6) is 5.75 Å². The lowest BCUT2D eigenvalue weighted by atomic mass is 9.88. The van der Waals surface area contributed by atoms with E-state index in [1.807, 2.05) is 0 Å². The first-order chi connectivity index (χ1) is 16.1. The Morgan fingerprint density at radius 1 is 1.15 bits per heavy atom. The molecule has 1 aromatic heterocycles. The number of allylic oxidation sites excluding steroid dienone is 1. The fourth-order valence-corrected chi connectivity index (χ4v) is 5.46. The van der Waals surface area contributed by atoms with Crippen LogP contribution in [0.1, 0.15) is 43.1 Å². The molecule has 0 amide bonds. The first kappa shape index (κ1) is 22.0. The molecule has 5 rings (SSSR count). The molecular formula is C28H34FN3O. The standard InChI is InChI=1S/C28H34FN3O/c1-4-19(2)32-20(3)15-25-24-7-5-6-8-26(24)30-27(25)28(32)22-9-11-23(12-10-22)33-14-13-31-17-21(16-29)18-31/h5-12,20-21,28,30H,2,4,13-18H2,1,3H3/t20-,28-/m1/s1. The average molecular weight is 448 g/mol. The SMILES string of the molecule is C=C(CC)N1[C@H](c2ccc(OCCN3CC(CF)C3)cc2)c2[nH]c3ccccc3c2C[C@H]1C. The summed E-state index contributed by atoms with van der Waals surface area (Å²) in [7, 11) is 0. The van der Waals surface area contributed by atoms with E-state index in [-0.39, 0.29) is 18.6 Å². The Balaban J connectivity index is 1.38. The largest absolute Gasteiger partial charge is 0.492 e. The zero-order valence-corrected chi connectivity index (χ0v) is 19.7. The van der Waals surface area contributed by atoms with Gasteiger partial charge in [0.2, 0.25) is 0 Å². The molecule has 3 aromatic rings. The van der Waals surface area contributed by atoms with E-state index >= 15 is 0 Å². The average Bonchev–Trinajstić information content (AvgIpc) is 3.18. The highest BCUT2D eigenvalue weighted by molar-refractivity contribution is 5.85. The van der Waals surface area contributed by atoms with Crippen LogP contribution in [0.25, 0.3) is 10.9 Å². The molecule has 2 atom stereocenters. The summed E-state index contributed by atoms with van der Waals surface area (Å²) in [6.07, 6.45) is 1.94. The summed E-state index contributed by atoms with van der Waals surface area (Å²) in [5.41, 5.74) is 6.30. The van der Waals surface area contributed by atoms with Crippen LogP contribution in [0.15, 0.2) is 60.8 Å². The minimum atomic E-state index is -0.210. The number of aromatic nitrogens is 1. The second-order valence-electron chi connectivity index (χ2n) is 9.54. The molecular weight excluding hydrogens is 413 g/mol. The molecule has 1 fully saturated rings. The molecule has 0 aliphatic carbocycles. The van der Waals surface area contributed by atoms with Gasteiger partial charge in [-0.25, -0.2) is 0 Å². The molecule has 33 heavy (non-hydrogen) atoms. The van der Waals surface area contributed by atoms with Gasteiger partial charge in [0.1, 0.15) is 12.4 Å². The Morgan fingerprint density at radius 3 is 2.64 bits per heavy atom. The summed E-state index contributed by atoms with van der Waals surface area (Å²) in [4.78, 5) is 8.46. The number of hydrogen-bond acceptors (Lipinski definition) is 3. The van der Waals surface area contributed by atoms with Crippen LogP contribution in [0.3, 0.4) is 0 Å². The zero-order chi connectivity index (χ0) is 22.9. The van der Waals surface area contributed by atoms with E-state index in [0.29, 0.717) is 12.6 Å². The number of H-pyrrole nitrogens is 1. The normalized spacial score (nSPS) is 21.1. The molecule has 0 saturated carbocycles. The molecule has 0 radical (unpaired) electrons. The van der Waals surface area contributed by atoms with Crippen molar-refractivity contribution in [2.45, 2.75) is 38.8 Å². The van der Waals surface area contributed by atoms with Gasteiger partial charge in [0.05, 0.1) is 12.7 Å². The second-order valence-corrected chi connectivity index (χ2v) is 9.54. The Hall–Kier alpha value is -2.79. The highest BCUT2D eigenvalue weighted by Gasteiger charge is 2.36. The van der Waals surface area contributed by atoms with E-state index in [9.17, 15) is 4.39 Å². The summed E-state index contributed by atoms with van der Waals surface area (Å²) in [6.45, 7) is 11.9. The number of fused-ring (bicyclic) bond motifs is 3. The Kier molecular flexibility index (Phi) is 6.15. The van der Waals surface area contributed by atoms with Gasteiger partial charge in [0.15, 0.2) is 0 Å². The Morgan fingerprint density at radius 2 is 1.91 bits per heavy atom. The minimum Gasteiger partial charge on any atom is -0.492 e. The number of ether oxygens (including phenoxy) is 1. The molecule has 2 aliphatic heterocycles. The topological polar surface area (TPSA) is 31.5 Å². The van der Waals surface area contributed by atoms with Gasteiger partial charge in [0.25, 0.3) is 0 Å². The molecule has 0 unspecified atom stereocenters. The first-order valence-corrected chi connectivity index (χ1v) is 12.2. The molecule has 0 spiro atoms. The van der Waals surface area contributed by atoms with Crippen molar-refractivity contribution < 1.29 is 9.13 Å². The van der Waals surface area contributed by atoms with Crippen molar-refractivity contribution in [1.82, 2.24) is 14.8 Å². The molecule has 1 N–H and O–H groups in total. The maximum atomic E-state index is 12.6. The van der Waals surface area contributed by atoms with Crippen LogP contribution in [0.4, 0.5) is 4.39 Å². The molecule has 174 valence electrons. The van der Waals surface area contributed by atoms with Crippen LogP contribution in [0, 0.1) is 5.92 Å². The van der Waals surface area contributed by atoms with Gasteiger partial charge in [-0.15, -0.1) is 0 Å². The molecule has 2 aromatic carbocycles. The Bertz CT molecular complexity index is 1120. The van der Waals surface area contributed by atoms with Crippen molar-refractivity contribution in [3.05, 3.63) is 77.6 Å². The third-order valence-electron chi connectivity index (χ3n) is 7.27. The van der Waals surface area contributed by atoms with E-state index in [0.717, 1.165) is 38.2 Å². The summed E-state index contributed by atoms with van der Waals surface area (Å²) in [5.74, 6) is 1.10. The van der Waals surface area contributed by atoms with E-state index in [1.54, 1.807) is 0 Å². The van der Waals surface area contributed by atoms with Crippen LogP contribution < -0.4 is 4.74 Å². The van der Waals surface area contributed by atoms with Crippen molar-refractivity contribution in [3.8, 4) is 5.75 Å². The van der Waals surface area contributed by atoms with Gasteiger partial charge >= 0.3 is 0 Å². The predicted octanol–water partition coefficient (Wildman–Crippen LogP) is 5.71. The zero-order valence-electron chi connectivity index (χ0n) is 19.7. The van der Waals surface area contributed by atoms with Crippen LogP contribution >= 0.6 is 0 Å². The Labute approximate surface area is 196 Å². The van der Waals surface area contributed by atoms with Gasteiger partial charge in [0, 0.05) is 53.9 Å². The molecule has 4 nitrogen and oxygen atoms in total. The van der Waals surface area contributed by atoms with Crippen LogP contribution in [0.2, 0.25) is 0 Å². The van der Waals surface area contributed by atoms with E-state index < -0.39 is 0 Å². The lowest BCUT2D eigenvalue weighted by Crippen LogP contribution is -2.49. The lowest BCUT2D eigenvalue weighted by Gasteiger charge is -2.43. The quantitative estimate of drug-likeness (QED) is 0.480. The van der Waals surface area contributed by atoms with E-state index in [4.69, 9.17) is 4.74 Å². The number of likely N-dealkylation sites (tertiary alicyclic amines) is 1. The first-order valence-electron chi connectivity index (χ1n) is 12.2. The number of halogens is 1.